The first-order valence-electron chi connectivity index (χ1n) is 10.3. The van der Waals surface area contributed by atoms with E-state index in [2.05, 4.69) is 10.0 Å². The van der Waals surface area contributed by atoms with Gasteiger partial charge in [-0.2, -0.15) is 0 Å². The lowest BCUT2D eigenvalue weighted by molar-refractivity contribution is 0.355. The molecule has 34 heavy (non-hydrogen) atoms. The highest BCUT2D eigenvalue weighted by Crippen LogP contribution is 2.33. The molecule has 0 radical (unpaired) electrons. The molecular formula is C25H22N4O4S. The number of rotatable bonds is 8. The van der Waals surface area contributed by atoms with Crippen LogP contribution in [0.25, 0.3) is 33.5 Å². The molecule has 0 N–H and O–H groups in total. The number of methoxy groups -OCH3 is 2. The van der Waals surface area contributed by atoms with Crippen molar-refractivity contribution in [1.29, 1.82) is 0 Å². The maximum atomic E-state index is 13.7. The summed E-state index contributed by atoms with van der Waals surface area (Å²) in [6.07, 6.45) is 3.50. The predicted molar refractivity (Wildman–Crippen MR) is 132 cm³/mol. The molecule has 0 aliphatic rings. The first-order valence-corrected chi connectivity index (χ1v) is 11.8. The van der Waals surface area contributed by atoms with Gasteiger partial charge in [-0.05, 0) is 53.1 Å². The zero-order chi connectivity index (χ0) is 24.1. The summed E-state index contributed by atoms with van der Waals surface area (Å²) in [5, 5.41) is 4.42. The molecule has 0 saturated heterocycles. The molecule has 0 aliphatic heterocycles. The summed E-state index contributed by atoms with van der Waals surface area (Å²) in [6, 6.07) is 20.8. The van der Waals surface area contributed by atoms with Crippen molar-refractivity contribution in [3.05, 3.63) is 100 Å². The van der Waals surface area contributed by atoms with Crippen LogP contribution in [0.4, 0.5) is 0 Å². The van der Waals surface area contributed by atoms with Crippen molar-refractivity contribution in [2.45, 2.75) is 11.4 Å². The van der Waals surface area contributed by atoms with Crippen molar-refractivity contribution in [3.8, 4) is 11.5 Å². The molecule has 0 fully saturated rings. The van der Waals surface area contributed by atoms with Crippen LogP contribution in [0, 0.1) is 0 Å². The summed E-state index contributed by atoms with van der Waals surface area (Å²) in [6.45, 7) is -0.0000694. The van der Waals surface area contributed by atoms with Gasteiger partial charge >= 0.3 is 0 Å². The fourth-order valence-electron chi connectivity index (χ4n) is 3.82. The third-order valence-electron chi connectivity index (χ3n) is 5.39. The Balaban J connectivity index is 1.97. The number of benzene rings is 3. The van der Waals surface area contributed by atoms with Gasteiger partial charge < -0.3 is 9.47 Å². The quantitative estimate of drug-likeness (QED) is 0.181. The first-order chi connectivity index (χ1) is 16.5. The van der Waals surface area contributed by atoms with Crippen LogP contribution >= 0.6 is 0 Å². The molecule has 1 aromatic heterocycles. The molecule has 0 unspecified atom stereocenters. The monoisotopic (exact) mass is 474 g/mol. The summed E-state index contributed by atoms with van der Waals surface area (Å²) in [4.78, 5) is 3.04. The van der Waals surface area contributed by atoms with Gasteiger partial charge in [0, 0.05) is 10.3 Å². The Bertz CT molecular complexity index is 1520. The molecule has 4 rings (SSSR count). The molecule has 0 saturated carbocycles. The average molecular weight is 475 g/mol. The van der Waals surface area contributed by atoms with E-state index >= 15 is 0 Å². The molecule has 0 atom stereocenters. The van der Waals surface area contributed by atoms with Crippen LogP contribution < -0.4 is 9.47 Å². The van der Waals surface area contributed by atoms with Crippen molar-refractivity contribution in [1.82, 2.24) is 3.97 Å². The van der Waals surface area contributed by atoms with E-state index in [0.29, 0.717) is 33.7 Å². The minimum Gasteiger partial charge on any atom is -0.493 e. The molecule has 3 aromatic carbocycles. The Labute approximate surface area is 197 Å². The van der Waals surface area contributed by atoms with Gasteiger partial charge in [0.05, 0.1) is 36.9 Å². The maximum Gasteiger partial charge on any atom is 0.268 e. The van der Waals surface area contributed by atoms with Gasteiger partial charge in [0.25, 0.3) is 10.0 Å². The van der Waals surface area contributed by atoms with Gasteiger partial charge in [-0.3, -0.25) is 0 Å². The maximum absolute atomic E-state index is 13.7. The van der Waals surface area contributed by atoms with Gasteiger partial charge in [0.15, 0.2) is 11.5 Å². The Hall–Kier alpha value is -4.20. The second-order valence-corrected chi connectivity index (χ2v) is 9.09. The van der Waals surface area contributed by atoms with E-state index < -0.39 is 10.0 Å². The molecule has 8 nitrogen and oxygen atoms in total. The van der Waals surface area contributed by atoms with Crippen LogP contribution in [0.3, 0.4) is 0 Å². The van der Waals surface area contributed by atoms with Crippen molar-refractivity contribution in [2.24, 2.45) is 5.11 Å². The number of azide groups is 1. The molecule has 172 valence electrons. The van der Waals surface area contributed by atoms with Crippen LogP contribution in [0.2, 0.25) is 0 Å². The van der Waals surface area contributed by atoms with Crippen LogP contribution in [-0.4, -0.2) is 26.6 Å². The number of nitrogens with zero attached hydrogens (tertiary/aromatic N) is 4. The highest BCUT2D eigenvalue weighted by atomic mass is 32.2. The molecule has 0 aliphatic carbocycles. The fourth-order valence-corrected chi connectivity index (χ4v) is 5.38. The van der Waals surface area contributed by atoms with E-state index in [1.54, 1.807) is 81.0 Å². The number of ether oxygens (including phenoxy) is 2. The highest BCUT2D eigenvalue weighted by Gasteiger charge is 2.25. The van der Waals surface area contributed by atoms with E-state index in [-0.39, 0.29) is 11.4 Å². The van der Waals surface area contributed by atoms with E-state index in [9.17, 15) is 8.42 Å². The summed E-state index contributed by atoms with van der Waals surface area (Å²) < 4.78 is 39.4. The summed E-state index contributed by atoms with van der Waals surface area (Å²) in [5.41, 5.74) is 11.2. The largest absolute Gasteiger partial charge is 0.493 e. The van der Waals surface area contributed by atoms with E-state index in [1.807, 2.05) is 18.2 Å². The predicted octanol–water partition coefficient (Wildman–Crippen LogP) is 5.88. The Kier molecular flexibility index (Phi) is 6.58. The van der Waals surface area contributed by atoms with E-state index in [4.69, 9.17) is 15.0 Å². The Morgan fingerprint density at radius 1 is 0.941 bits per heavy atom. The molecule has 0 amide bonds. The zero-order valence-corrected chi connectivity index (χ0v) is 19.4. The van der Waals surface area contributed by atoms with Crippen molar-refractivity contribution < 1.29 is 17.9 Å². The number of hydrogen-bond donors (Lipinski definition) is 0. The average Bonchev–Trinajstić information content (AvgIpc) is 3.20. The van der Waals surface area contributed by atoms with Crippen LogP contribution in [0.15, 0.2) is 82.8 Å². The van der Waals surface area contributed by atoms with E-state index in [0.717, 1.165) is 5.56 Å². The lowest BCUT2D eigenvalue weighted by atomic mass is 10.1. The summed E-state index contributed by atoms with van der Waals surface area (Å²) in [5.74, 6) is 1.14. The van der Waals surface area contributed by atoms with Gasteiger partial charge in [0.1, 0.15) is 0 Å². The third-order valence-corrected chi connectivity index (χ3v) is 7.13. The number of para-hydroxylation sites is 1. The molecule has 9 heteroatoms. The van der Waals surface area contributed by atoms with Crippen molar-refractivity contribution in [3.63, 3.8) is 0 Å². The third kappa shape index (κ3) is 4.22. The lowest BCUT2D eigenvalue weighted by Crippen LogP contribution is -2.14. The Morgan fingerprint density at radius 3 is 2.35 bits per heavy atom. The van der Waals surface area contributed by atoms with Gasteiger partial charge in [-0.15, -0.1) is 0 Å². The van der Waals surface area contributed by atoms with Crippen LogP contribution in [0.1, 0.15) is 16.8 Å². The topological polar surface area (TPSA) is 106 Å². The van der Waals surface area contributed by atoms with E-state index in [1.165, 1.54) is 3.97 Å². The SMILES string of the molecule is COc1ccc(/C=C/c2c(CN=[N+]=[N-])c3ccccc3n2S(=O)(=O)c2ccccc2)cc1OC. The second kappa shape index (κ2) is 9.74. The first kappa shape index (κ1) is 23.0. The Morgan fingerprint density at radius 2 is 1.65 bits per heavy atom. The standard InChI is InChI=1S/C25H22N4O4S/c1-32-24-15-13-18(16-25(24)33-2)12-14-23-21(17-27-28-26)20-10-6-7-11-22(20)29(23)34(30,31)19-8-4-3-5-9-19/h3-16H,17H2,1-2H3/b14-12+. The lowest BCUT2D eigenvalue weighted by Gasteiger charge is -2.11. The number of aromatic nitrogens is 1. The molecular weight excluding hydrogens is 452 g/mol. The van der Waals surface area contributed by atoms with Crippen LogP contribution in [0.5, 0.6) is 11.5 Å². The minimum absolute atomic E-state index is 0.0000694. The second-order valence-electron chi connectivity index (χ2n) is 7.30. The molecule has 0 spiro atoms. The highest BCUT2D eigenvalue weighted by molar-refractivity contribution is 7.90. The molecule has 0 bridgehead atoms. The molecule has 1 heterocycles. The number of hydrogen-bond acceptors (Lipinski definition) is 5. The van der Waals surface area contributed by atoms with Gasteiger partial charge in [0.2, 0.25) is 0 Å². The summed E-state index contributed by atoms with van der Waals surface area (Å²) in [7, 11) is -0.835. The van der Waals surface area contributed by atoms with Crippen LogP contribution in [-0.2, 0) is 16.6 Å². The molecule has 4 aromatic rings. The summed E-state index contributed by atoms with van der Waals surface area (Å²) >= 11 is 0. The number of fused-ring (bicyclic) bond motifs is 1. The smallest absolute Gasteiger partial charge is 0.268 e. The normalized spacial score (nSPS) is 11.5. The van der Waals surface area contributed by atoms with Crippen molar-refractivity contribution in [2.75, 3.05) is 14.2 Å². The fraction of sp³-hybridized carbons (Fsp3) is 0.120. The van der Waals surface area contributed by atoms with Gasteiger partial charge in [-0.25, -0.2) is 12.4 Å². The zero-order valence-electron chi connectivity index (χ0n) is 18.6. The van der Waals surface area contributed by atoms with Crippen molar-refractivity contribution >= 4 is 33.1 Å². The van der Waals surface area contributed by atoms with Gasteiger partial charge in [-0.1, -0.05) is 53.7 Å². The minimum atomic E-state index is -3.94.